The number of pyridine rings is 1. The minimum atomic E-state index is -0.0364. The average molecular weight is 452 g/mol. The molecule has 2 aliphatic rings. The Morgan fingerprint density at radius 1 is 1.15 bits per heavy atom. The molecule has 2 aliphatic heterocycles. The molecule has 0 saturated carbocycles. The van der Waals surface area contributed by atoms with E-state index in [-0.39, 0.29) is 11.7 Å². The summed E-state index contributed by atoms with van der Waals surface area (Å²) in [6, 6.07) is 1.74. The Labute approximate surface area is 193 Å². The highest BCUT2D eigenvalue weighted by Crippen LogP contribution is 2.29. The molecular weight excluding hydrogens is 422 g/mol. The van der Waals surface area contributed by atoms with Crippen LogP contribution in [0, 0.1) is 18.4 Å². The van der Waals surface area contributed by atoms with Crippen LogP contribution in [0.15, 0.2) is 24.7 Å². The number of carbonyl (C=O) groups is 1. The van der Waals surface area contributed by atoms with Crippen molar-refractivity contribution in [3.8, 4) is 5.75 Å². The number of anilines is 3. The van der Waals surface area contributed by atoms with Gasteiger partial charge in [-0.2, -0.15) is 0 Å². The standard InChI is InChI=1S/C23H29N7O3/c1-24-21-12-28-22(13-27-21)30-20-10-19(33-15-17-6-9-32-14-17)18(11-26-20)29-23(31)3-2-16-4-7-25-8-5-16/h10-13,16-17,25H,2-9,14-15H2,(H,29,31)(H,26,28,30). The lowest BCUT2D eigenvalue weighted by Crippen LogP contribution is -2.28. The van der Waals surface area contributed by atoms with Crippen LogP contribution in [0.3, 0.4) is 0 Å². The Hall–Kier alpha value is -3.29. The Balaban J connectivity index is 1.41. The van der Waals surface area contributed by atoms with Gasteiger partial charge in [0.1, 0.15) is 17.3 Å². The number of nitrogens with zero attached hydrogens (tertiary/aromatic N) is 4. The Bertz CT molecular complexity index is 965. The third-order valence-corrected chi connectivity index (χ3v) is 5.89. The van der Waals surface area contributed by atoms with E-state index in [1.807, 2.05) is 0 Å². The van der Waals surface area contributed by atoms with Crippen molar-refractivity contribution >= 4 is 29.0 Å². The first-order valence-corrected chi connectivity index (χ1v) is 11.4. The van der Waals surface area contributed by atoms with Crippen molar-refractivity contribution < 1.29 is 14.3 Å². The van der Waals surface area contributed by atoms with Crippen molar-refractivity contribution in [2.75, 3.05) is 43.5 Å². The van der Waals surface area contributed by atoms with Gasteiger partial charge in [-0.25, -0.2) is 9.97 Å². The van der Waals surface area contributed by atoms with E-state index in [9.17, 15) is 4.79 Å². The van der Waals surface area contributed by atoms with E-state index in [0.29, 0.717) is 54.5 Å². The number of ether oxygens (including phenoxy) is 2. The highest BCUT2D eigenvalue weighted by Gasteiger charge is 2.19. The fourth-order valence-corrected chi connectivity index (χ4v) is 3.93. The minimum Gasteiger partial charge on any atom is -0.491 e. The summed E-state index contributed by atoms with van der Waals surface area (Å²) in [6.07, 6.45) is 9.01. The fraction of sp³-hybridized carbons (Fsp3) is 0.522. The lowest BCUT2D eigenvalue weighted by molar-refractivity contribution is -0.116. The van der Waals surface area contributed by atoms with Gasteiger partial charge < -0.3 is 30.3 Å². The summed E-state index contributed by atoms with van der Waals surface area (Å²) in [4.78, 5) is 28.4. The quantitative estimate of drug-likeness (QED) is 0.498. The maximum atomic E-state index is 12.6. The molecule has 1 amide bonds. The lowest BCUT2D eigenvalue weighted by Gasteiger charge is -2.22. The monoisotopic (exact) mass is 451 g/mol. The normalized spacial score (nSPS) is 18.5. The molecule has 0 spiro atoms. The first kappa shape index (κ1) is 22.9. The van der Waals surface area contributed by atoms with Crippen LogP contribution in [-0.2, 0) is 9.53 Å². The summed E-state index contributed by atoms with van der Waals surface area (Å²) >= 11 is 0. The fourth-order valence-electron chi connectivity index (χ4n) is 3.93. The van der Waals surface area contributed by atoms with Gasteiger partial charge in [-0.1, -0.05) is 6.57 Å². The number of aromatic nitrogens is 3. The molecule has 4 rings (SSSR count). The van der Waals surface area contributed by atoms with E-state index in [0.717, 1.165) is 45.4 Å². The topological polar surface area (TPSA) is 115 Å². The smallest absolute Gasteiger partial charge is 0.288 e. The first-order valence-electron chi connectivity index (χ1n) is 11.4. The molecule has 4 heterocycles. The first-order chi connectivity index (χ1) is 16.2. The molecular formula is C23H29N7O3. The molecule has 2 saturated heterocycles. The van der Waals surface area contributed by atoms with E-state index in [4.69, 9.17) is 16.0 Å². The summed E-state index contributed by atoms with van der Waals surface area (Å²) in [6.45, 7) is 11.0. The van der Waals surface area contributed by atoms with Crippen molar-refractivity contribution in [2.45, 2.75) is 32.1 Å². The third kappa shape index (κ3) is 6.84. The summed E-state index contributed by atoms with van der Waals surface area (Å²) < 4.78 is 11.5. The number of hydrogen-bond donors (Lipinski definition) is 3. The summed E-state index contributed by atoms with van der Waals surface area (Å²) in [5, 5.41) is 9.38. The molecule has 0 aliphatic carbocycles. The predicted molar refractivity (Wildman–Crippen MR) is 124 cm³/mol. The highest BCUT2D eigenvalue weighted by atomic mass is 16.5. The van der Waals surface area contributed by atoms with Gasteiger partial charge in [-0.05, 0) is 44.7 Å². The zero-order valence-corrected chi connectivity index (χ0v) is 18.5. The molecule has 0 bridgehead atoms. The Morgan fingerprint density at radius 3 is 2.73 bits per heavy atom. The van der Waals surface area contributed by atoms with Gasteiger partial charge in [0, 0.05) is 25.0 Å². The minimum absolute atomic E-state index is 0.0364. The van der Waals surface area contributed by atoms with Crippen LogP contribution in [-0.4, -0.2) is 53.8 Å². The second-order valence-corrected chi connectivity index (χ2v) is 8.38. The SMILES string of the molecule is [C-]#[N+]c1cnc(Nc2cc(OCC3CCOC3)c(NC(=O)CCC3CCNCC3)cn2)cn1. The van der Waals surface area contributed by atoms with Crippen LogP contribution in [0.2, 0.25) is 0 Å². The maximum Gasteiger partial charge on any atom is 0.288 e. The zero-order chi connectivity index (χ0) is 22.9. The number of amides is 1. The van der Waals surface area contributed by atoms with E-state index in [1.54, 1.807) is 12.3 Å². The summed E-state index contributed by atoms with van der Waals surface area (Å²) in [5.41, 5.74) is 0.546. The molecule has 174 valence electrons. The van der Waals surface area contributed by atoms with Crippen molar-refractivity contribution in [3.63, 3.8) is 0 Å². The van der Waals surface area contributed by atoms with Crippen LogP contribution in [0.5, 0.6) is 5.75 Å². The molecule has 3 N–H and O–H groups in total. The zero-order valence-electron chi connectivity index (χ0n) is 18.5. The predicted octanol–water partition coefficient (Wildman–Crippen LogP) is 3.30. The molecule has 1 unspecified atom stereocenters. The number of rotatable bonds is 9. The number of piperidine rings is 1. The summed E-state index contributed by atoms with van der Waals surface area (Å²) in [5.74, 6) is 2.61. The van der Waals surface area contributed by atoms with E-state index >= 15 is 0 Å². The number of carbonyl (C=O) groups excluding carboxylic acids is 1. The largest absolute Gasteiger partial charge is 0.491 e. The van der Waals surface area contributed by atoms with E-state index < -0.39 is 0 Å². The van der Waals surface area contributed by atoms with Crippen molar-refractivity contribution in [2.24, 2.45) is 11.8 Å². The van der Waals surface area contributed by atoms with Crippen LogP contribution in [0.25, 0.3) is 4.85 Å². The lowest BCUT2D eigenvalue weighted by atomic mass is 9.93. The van der Waals surface area contributed by atoms with Gasteiger partial charge >= 0.3 is 0 Å². The number of hydrogen-bond acceptors (Lipinski definition) is 8. The Morgan fingerprint density at radius 2 is 2.00 bits per heavy atom. The average Bonchev–Trinajstić information content (AvgIpc) is 3.38. The van der Waals surface area contributed by atoms with Crippen LogP contribution in [0.4, 0.5) is 23.1 Å². The highest BCUT2D eigenvalue weighted by molar-refractivity contribution is 5.92. The molecule has 1 atom stereocenters. The second-order valence-electron chi connectivity index (χ2n) is 8.38. The molecule has 2 fully saturated rings. The molecule has 0 radical (unpaired) electrons. The van der Waals surface area contributed by atoms with Gasteiger partial charge in [-0.15, -0.1) is 4.98 Å². The molecule has 33 heavy (non-hydrogen) atoms. The Kier molecular flexibility index (Phi) is 8.00. The van der Waals surface area contributed by atoms with Crippen molar-refractivity contribution in [3.05, 3.63) is 36.1 Å². The van der Waals surface area contributed by atoms with Gasteiger partial charge in [0.2, 0.25) is 5.91 Å². The van der Waals surface area contributed by atoms with Crippen LogP contribution >= 0.6 is 0 Å². The molecule has 0 aromatic carbocycles. The van der Waals surface area contributed by atoms with Crippen LogP contribution < -0.4 is 20.7 Å². The van der Waals surface area contributed by atoms with Crippen molar-refractivity contribution in [1.29, 1.82) is 0 Å². The van der Waals surface area contributed by atoms with Crippen LogP contribution in [0.1, 0.15) is 32.1 Å². The molecule has 2 aromatic heterocycles. The molecule has 10 nitrogen and oxygen atoms in total. The van der Waals surface area contributed by atoms with E-state index in [2.05, 4.69) is 35.7 Å². The van der Waals surface area contributed by atoms with E-state index in [1.165, 1.54) is 12.4 Å². The number of nitrogens with one attached hydrogen (secondary N) is 3. The van der Waals surface area contributed by atoms with Gasteiger partial charge in [0.25, 0.3) is 5.82 Å². The summed E-state index contributed by atoms with van der Waals surface area (Å²) in [7, 11) is 0. The molecule has 10 heteroatoms. The van der Waals surface area contributed by atoms with Gasteiger partial charge in [0.15, 0.2) is 12.0 Å². The second kappa shape index (κ2) is 11.5. The molecule has 2 aromatic rings. The van der Waals surface area contributed by atoms with Crippen molar-refractivity contribution in [1.82, 2.24) is 20.3 Å². The van der Waals surface area contributed by atoms with Gasteiger partial charge in [0.05, 0.1) is 25.6 Å². The maximum absolute atomic E-state index is 12.6. The third-order valence-electron chi connectivity index (χ3n) is 5.89. The van der Waals surface area contributed by atoms with Gasteiger partial charge in [-0.3, -0.25) is 4.79 Å².